The van der Waals surface area contributed by atoms with E-state index in [-0.39, 0.29) is 43.2 Å². The molecule has 1 aliphatic heterocycles. The number of hydrogen-bond donors (Lipinski definition) is 2. The quantitative estimate of drug-likeness (QED) is 0.332. The zero-order chi connectivity index (χ0) is 29.9. The summed E-state index contributed by atoms with van der Waals surface area (Å²) in [4.78, 5) is 43.4. The molecule has 3 aromatic carbocycles. The highest BCUT2D eigenvalue weighted by molar-refractivity contribution is 7.89. The van der Waals surface area contributed by atoms with Crippen molar-refractivity contribution in [3.05, 3.63) is 95.9 Å². The molecule has 1 aliphatic rings. The monoisotopic (exact) mass is 589 g/mol. The molecule has 12 heteroatoms. The van der Waals surface area contributed by atoms with Crippen LogP contribution in [-0.2, 0) is 30.8 Å². The van der Waals surface area contributed by atoms with E-state index >= 15 is 0 Å². The van der Waals surface area contributed by atoms with E-state index in [1.54, 1.807) is 42.6 Å². The summed E-state index contributed by atoms with van der Waals surface area (Å²) in [7, 11) is -3.87. The smallest absolute Gasteiger partial charge is 0.313 e. The number of amides is 3. The molecular weight excluding hydrogens is 561 g/mol. The zero-order valence-corrected chi connectivity index (χ0v) is 23.5. The van der Waals surface area contributed by atoms with E-state index in [0.717, 1.165) is 10.9 Å². The third-order valence-electron chi connectivity index (χ3n) is 6.87. The summed E-state index contributed by atoms with van der Waals surface area (Å²) >= 11 is 0. The Morgan fingerprint density at radius 3 is 2.33 bits per heavy atom. The predicted molar refractivity (Wildman–Crippen MR) is 156 cm³/mol. The Balaban J connectivity index is 1.15. The highest BCUT2D eigenvalue weighted by atomic mass is 32.2. The van der Waals surface area contributed by atoms with Gasteiger partial charge in [0.05, 0.1) is 17.6 Å². The molecule has 5 rings (SSSR count). The minimum Gasteiger partial charge on any atom is -0.332 e. The summed E-state index contributed by atoms with van der Waals surface area (Å²) in [5.74, 6) is -2.57. The van der Waals surface area contributed by atoms with E-state index in [9.17, 15) is 27.2 Å². The number of pyridine rings is 1. The molecular formula is C30H28FN5O5S. The van der Waals surface area contributed by atoms with Gasteiger partial charge in [0, 0.05) is 43.4 Å². The van der Waals surface area contributed by atoms with Crippen LogP contribution in [0, 0.1) is 12.7 Å². The number of fused-ring (bicyclic) bond motifs is 1. The summed E-state index contributed by atoms with van der Waals surface area (Å²) in [6.07, 6.45) is 1.61. The summed E-state index contributed by atoms with van der Waals surface area (Å²) < 4.78 is 41.8. The van der Waals surface area contributed by atoms with Crippen molar-refractivity contribution in [2.45, 2.75) is 18.2 Å². The Morgan fingerprint density at radius 1 is 0.905 bits per heavy atom. The van der Waals surface area contributed by atoms with Gasteiger partial charge >= 0.3 is 11.8 Å². The van der Waals surface area contributed by atoms with Crippen molar-refractivity contribution in [2.24, 2.45) is 0 Å². The van der Waals surface area contributed by atoms with Gasteiger partial charge in [-0.25, -0.2) is 12.8 Å². The molecule has 42 heavy (non-hydrogen) atoms. The van der Waals surface area contributed by atoms with Gasteiger partial charge in [-0.1, -0.05) is 36.4 Å². The van der Waals surface area contributed by atoms with Gasteiger partial charge < -0.3 is 15.5 Å². The molecule has 3 amide bonds. The van der Waals surface area contributed by atoms with E-state index in [4.69, 9.17) is 0 Å². The molecule has 0 spiro atoms. The standard InChI is InChI=1S/C30H28FN5O5S/c1-20-17-22-5-4-8-26(28(22)32-19-20)42(40,41)36-15-13-35(14-16-36)30(39)29(38)33-23-11-9-21(10-12-23)18-27(37)34-25-7-3-2-6-24(25)31/h2-12,17,19H,13-16,18H2,1H3,(H,33,38)(H,34,37). The molecule has 1 saturated heterocycles. The van der Waals surface area contributed by atoms with E-state index in [0.29, 0.717) is 16.8 Å². The maximum Gasteiger partial charge on any atom is 0.313 e. The van der Waals surface area contributed by atoms with Crippen LogP contribution in [-0.4, -0.2) is 66.5 Å². The van der Waals surface area contributed by atoms with Crippen molar-refractivity contribution in [3.63, 3.8) is 0 Å². The Labute approximate surface area is 242 Å². The lowest BCUT2D eigenvalue weighted by Gasteiger charge is -2.33. The molecule has 1 fully saturated rings. The van der Waals surface area contributed by atoms with Crippen molar-refractivity contribution < 1.29 is 27.2 Å². The lowest BCUT2D eigenvalue weighted by Crippen LogP contribution is -2.52. The zero-order valence-electron chi connectivity index (χ0n) is 22.7. The normalized spacial score (nSPS) is 14.0. The number of carbonyl (C=O) groups is 3. The Bertz CT molecular complexity index is 1770. The number of aryl methyl sites for hydroxylation is 1. The average Bonchev–Trinajstić information content (AvgIpc) is 2.98. The first-order valence-corrected chi connectivity index (χ1v) is 14.6. The van der Waals surface area contributed by atoms with Crippen LogP contribution < -0.4 is 10.6 Å². The number of carbonyl (C=O) groups excluding carboxylic acids is 3. The second-order valence-electron chi connectivity index (χ2n) is 9.89. The van der Waals surface area contributed by atoms with Crippen molar-refractivity contribution in [1.29, 1.82) is 0 Å². The van der Waals surface area contributed by atoms with Gasteiger partial charge in [0.2, 0.25) is 15.9 Å². The molecule has 2 N–H and O–H groups in total. The molecule has 1 aromatic heterocycles. The van der Waals surface area contributed by atoms with Crippen LogP contribution in [0.15, 0.2) is 83.9 Å². The number of piperazine rings is 1. The number of aromatic nitrogens is 1. The number of para-hydroxylation sites is 2. The Hall–Kier alpha value is -4.68. The fourth-order valence-corrected chi connectivity index (χ4v) is 6.29. The van der Waals surface area contributed by atoms with Crippen LogP contribution in [0.3, 0.4) is 0 Å². The minimum absolute atomic E-state index is 0.0108. The van der Waals surface area contributed by atoms with Gasteiger partial charge in [-0.3, -0.25) is 19.4 Å². The van der Waals surface area contributed by atoms with Gasteiger partial charge in [-0.05, 0) is 54.4 Å². The number of benzene rings is 3. The number of rotatable bonds is 6. The largest absolute Gasteiger partial charge is 0.332 e. The topological polar surface area (TPSA) is 129 Å². The van der Waals surface area contributed by atoms with Crippen LogP contribution in [0.2, 0.25) is 0 Å². The molecule has 0 saturated carbocycles. The first kappa shape index (κ1) is 28.8. The highest BCUT2D eigenvalue weighted by Crippen LogP contribution is 2.25. The van der Waals surface area contributed by atoms with Crippen molar-refractivity contribution in [1.82, 2.24) is 14.2 Å². The van der Waals surface area contributed by atoms with E-state index in [1.807, 2.05) is 19.1 Å². The summed E-state index contributed by atoms with van der Waals surface area (Å²) in [5.41, 5.74) is 2.37. The fraction of sp³-hybridized carbons (Fsp3) is 0.200. The van der Waals surface area contributed by atoms with Crippen molar-refractivity contribution in [3.8, 4) is 0 Å². The second kappa shape index (κ2) is 12.0. The summed E-state index contributed by atoms with van der Waals surface area (Å²) in [6.45, 7) is 2.06. The van der Waals surface area contributed by atoms with Crippen LogP contribution in [0.1, 0.15) is 11.1 Å². The second-order valence-corrected chi connectivity index (χ2v) is 11.8. The molecule has 216 valence electrons. The number of hydrogen-bond acceptors (Lipinski definition) is 6. The minimum atomic E-state index is -3.87. The van der Waals surface area contributed by atoms with Gasteiger partial charge in [0.25, 0.3) is 0 Å². The molecule has 0 atom stereocenters. The van der Waals surface area contributed by atoms with Crippen molar-refractivity contribution >= 4 is 50.0 Å². The first-order chi connectivity index (χ1) is 20.1. The molecule has 10 nitrogen and oxygen atoms in total. The van der Waals surface area contributed by atoms with Crippen LogP contribution in [0.4, 0.5) is 15.8 Å². The maximum atomic E-state index is 13.7. The number of nitrogens with zero attached hydrogens (tertiary/aromatic N) is 3. The highest BCUT2D eigenvalue weighted by Gasteiger charge is 2.33. The summed E-state index contributed by atoms with van der Waals surface area (Å²) in [6, 6.07) is 19.1. The average molecular weight is 590 g/mol. The molecule has 0 aliphatic carbocycles. The van der Waals surface area contributed by atoms with Gasteiger partial charge in [-0.15, -0.1) is 0 Å². The lowest BCUT2D eigenvalue weighted by atomic mass is 10.1. The van der Waals surface area contributed by atoms with Crippen LogP contribution in [0.5, 0.6) is 0 Å². The van der Waals surface area contributed by atoms with Gasteiger partial charge in [0.15, 0.2) is 0 Å². The predicted octanol–water partition coefficient (Wildman–Crippen LogP) is 3.34. The van der Waals surface area contributed by atoms with E-state index < -0.39 is 33.6 Å². The SMILES string of the molecule is Cc1cnc2c(S(=O)(=O)N3CCN(C(=O)C(=O)Nc4ccc(CC(=O)Nc5ccccc5F)cc4)CC3)cccc2c1. The third kappa shape index (κ3) is 6.29. The number of nitrogens with one attached hydrogen (secondary N) is 2. The Morgan fingerprint density at radius 2 is 1.62 bits per heavy atom. The Kier molecular flexibility index (Phi) is 8.27. The first-order valence-electron chi connectivity index (χ1n) is 13.2. The molecule has 0 radical (unpaired) electrons. The van der Waals surface area contributed by atoms with E-state index in [2.05, 4.69) is 15.6 Å². The van der Waals surface area contributed by atoms with Gasteiger partial charge in [0.1, 0.15) is 10.7 Å². The number of halogens is 1. The number of sulfonamides is 1. The maximum absolute atomic E-state index is 13.7. The summed E-state index contributed by atoms with van der Waals surface area (Å²) in [5, 5.41) is 5.77. The van der Waals surface area contributed by atoms with Crippen LogP contribution >= 0.6 is 0 Å². The fourth-order valence-electron chi connectivity index (χ4n) is 4.70. The number of anilines is 2. The van der Waals surface area contributed by atoms with Crippen molar-refractivity contribution in [2.75, 3.05) is 36.8 Å². The molecule has 0 unspecified atom stereocenters. The lowest BCUT2D eigenvalue weighted by molar-refractivity contribution is -0.143. The molecule has 2 heterocycles. The van der Waals surface area contributed by atoms with Gasteiger partial charge in [-0.2, -0.15) is 4.31 Å². The van der Waals surface area contributed by atoms with Crippen LogP contribution in [0.25, 0.3) is 10.9 Å². The third-order valence-corrected chi connectivity index (χ3v) is 8.80. The van der Waals surface area contributed by atoms with E-state index in [1.165, 1.54) is 33.5 Å². The molecule has 4 aromatic rings. The molecule has 0 bridgehead atoms.